The Morgan fingerprint density at radius 1 is 1.23 bits per heavy atom. The maximum absolute atomic E-state index is 12.5. The van der Waals surface area contributed by atoms with Crippen LogP contribution < -0.4 is 5.32 Å². The van der Waals surface area contributed by atoms with Gasteiger partial charge >= 0.3 is 0 Å². The summed E-state index contributed by atoms with van der Waals surface area (Å²) in [7, 11) is 0. The number of rotatable bonds is 6. The third-order valence-electron chi connectivity index (χ3n) is 6.36. The molecule has 26 heavy (non-hydrogen) atoms. The molecule has 2 fully saturated rings. The van der Waals surface area contributed by atoms with E-state index in [1.807, 2.05) is 0 Å². The Bertz CT molecular complexity index is 599. The molecule has 0 spiro atoms. The van der Waals surface area contributed by atoms with E-state index in [2.05, 4.69) is 28.1 Å². The molecule has 0 bridgehead atoms. The number of nitrogens with zero attached hydrogens (tertiary/aromatic N) is 2. The summed E-state index contributed by atoms with van der Waals surface area (Å²) in [6.45, 7) is 8.82. The van der Waals surface area contributed by atoms with Gasteiger partial charge in [0.2, 0.25) is 0 Å². The Morgan fingerprint density at radius 2 is 2.08 bits per heavy atom. The average molecular weight is 376 g/mol. The summed E-state index contributed by atoms with van der Waals surface area (Å²) in [6, 6.07) is 2.93. The highest BCUT2D eigenvalue weighted by atomic mass is 32.1. The first-order valence-corrected chi connectivity index (χ1v) is 11.4. The lowest BCUT2D eigenvalue weighted by atomic mass is 10.0. The zero-order chi connectivity index (χ0) is 17.9. The molecule has 1 N–H and O–H groups in total. The second-order valence-corrected chi connectivity index (χ2v) is 9.70. The SMILES string of the molecule is C[C@@H]1CCCN(CCCNC(=O)c2cc3c(s2)CN(C2CCCC2)C3)C1. The summed E-state index contributed by atoms with van der Waals surface area (Å²) in [6.07, 6.45) is 9.24. The largest absolute Gasteiger partial charge is 0.351 e. The Hall–Kier alpha value is -0.910. The van der Waals surface area contributed by atoms with Crippen LogP contribution in [0.15, 0.2) is 6.07 Å². The van der Waals surface area contributed by atoms with Crippen LogP contribution in [0.3, 0.4) is 0 Å². The van der Waals surface area contributed by atoms with Crippen LogP contribution in [0.25, 0.3) is 0 Å². The van der Waals surface area contributed by atoms with Gasteiger partial charge in [0.25, 0.3) is 5.91 Å². The van der Waals surface area contributed by atoms with Crippen molar-refractivity contribution in [2.75, 3.05) is 26.2 Å². The predicted molar refractivity (Wildman–Crippen MR) is 108 cm³/mol. The topological polar surface area (TPSA) is 35.6 Å². The average Bonchev–Trinajstić information content (AvgIpc) is 3.33. The summed E-state index contributed by atoms with van der Waals surface area (Å²) in [4.78, 5) is 20.0. The number of nitrogens with one attached hydrogen (secondary N) is 1. The molecule has 1 amide bonds. The molecule has 0 unspecified atom stereocenters. The number of fused-ring (bicyclic) bond motifs is 1. The van der Waals surface area contributed by atoms with Crippen LogP contribution in [0.5, 0.6) is 0 Å². The van der Waals surface area contributed by atoms with Gasteiger partial charge in [0, 0.05) is 37.1 Å². The van der Waals surface area contributed by atoms with E-state index in [-0.39, 0.29) is 5.91 Å². The van der Waals surface area contributed by atoms with E-state index in [4.69, 9.17) is 0 Å². The number of amides is 1. The first-order valence-electron chi connectivity index (χ1n) is 10.6. The van der Waals surface area contributed by atoms with Gasteiger partial charge in [-0.05, 0) is 62.7 Å². The lowest BCUT2D eigenvalue weighted by Gasteiger charge is -2.30. The van der Waals surface area contributed by atoms with Gasteiger partial charge < -0.3 is 10.2 Å². The minimum absolute atomic E-state index is 0.129. The van der Waals surface area contributed by atoms with E-state index < -0.39 is 0 Å². The highest BCUT2D eigenvalue weighted by Crippen LogP contribution is 2.35. The van der Waals surface area contributed by atoms with Gasteiger partial charge in [-0.2, -0.15) is 0 Å². The molecule has 1 saturated carbocycles. The second-order valence-electron chi connectivity index (χ2n) is 8.56. The molecule has 144 valence electrons. The highest BCUT2D eigenvalue weighted by molar-refractivity contribution is 7.14. The van der Waals surface area contributed by atoms with Gasteiger partial charge in [-0.1, -0.05) is 19.8 Å². The number of carbonyl (C=O) groups is 1. The standard InChI is InChI=1S/C21H33N3OS/c1-16-6-4-10-23(13-16)11-5-9-22-21(25)19-12-17-14-24(15-20(17)26-19)18-7-2-3-8-18/h12,16,18H,2-11,13-15H2,1H3,(H,22,25)/t16-/m1/s1. The predicted octanol–water partition coefficient (Wildman–Crippen LogP) is 3.86. The molecule has 1 aromatic heterocycles. The summed E-state index contributed by atoms with van der Waals surface area (Å²) in [5, 5.41) is 3.14. The molecule has 1 aliphatic carbocycles. The van der Waals surface area contributed by atoms with E-state index >= 15 is 0 Å². The summed E-state index contributed by atoms with van der Waals surface area (Å²) in [5.41, 5.74) is 1.40. The van der Waals surface area contributed by atoms with Crippen LogP contribution in [-0.4, -0.2) is 47.9 Å². The number of hydrogen-bond acceptors (Lipinski definition) is 4. The fourth-order valence-electron chi connectivity index (χ4n) is 4.91. The normalized spacial score (nSPS) is 24.9. The summed E-state index contributed by atoms with van der Waals surface area (Å²) >= 11 is 1.71. The Kier molecular flexibility index (Phi) is 5.97. The minimum Gasteiger partial charge on any atom is -0.351 e. The van der Waals surface area contributed by atoms with Gasteiger partial charge in [-0.25, -0.2) is 0 Å². The molecule has 5 heteroatoms. The van der Waals surface area contributed by atoms with Crippen molar-refractivity contribution in [3.05, 3.63) is 21.4 Å². The van der Waals surface area contributed by atoms with Crippen molar-refractivity contribution in [1.29, 1.82) is 0 Å². The van der Waals surface area contributed by atoms with Crippen LogP contribution in [0.1, 0.15) is 72.0 Å². The zero-order valence-electron chi connectivity index (χ0n) is 16.1. The highest BCUT2D eigenvalue weighted by Gasteiger charge is 2.30. The molecular formula is C21H33N3OS. The van der Waals surface area contributed by atoms with Crippen LogP contribution in [0.4, 0.5) is 0 Å². The molecule has 0 aromatic carbocycles. The molecule has 0 radical (unpaired) electrons. The fraction of sp³-hybridized carbons (Fsp3) is 0.762. The third-order valence-corrected chi connectivity index (χ3v) is 7.52. The summed E-state index contributed by atoms with van der Waals surface area (Å²) in [5.74, 6) is 0.958. The smallest absolute Gasteiger partial charge is 0.261 e. The number of carbonyl (C=O) groups excluding carboxylic acids is 1. The Labute approximate surface area is 161 Å². The minimum atomic E-state index is 0.129. The van der Waals surface area contributed by atoms with Gasteiger partial charge in [0.05, 0.1) is 4.88 Å². The van der Waals surface area contributed by atoms with Crippen molar-refractivity contribution in [1.82, 2.24) is 15.1 Å². The van der Waals surface area contributed by atoms with Gasteiger partial charge in [0.15, 0.2) is 0 Å². The van der Waals surface area contributed by atoms with Crippen molar-refractivity contribution in [2.24, 2.45) is 5.92 Å². The van der Waals surface area contributed by atoms with Crippen molar-refractivity contribution in [3.63, 3.8) is 0 Å². The third kappa shape index (κ3) is 4.32. The molecule has 2 aliphatic heterocycles. The molecule has 4 nitrogen and oxygen atoms in total. The van der Waals surface area contributed by atoms with Crippen LogP contribution in [0.2, 0.25) is 0 Å². The van der Waals surface area contributed by atoms with Crippen molar-refractivity contribution >= 4 is 17.2 Å². The van der Waals surface area contributed by atoms with Crippen LogP contribution in [-0.2, 0) is 13.1 Å². The molecule has 3 aliphatic rings. The van der Waals surface area contributed by atoms with Crippen LogP contribution in [0, 0.1) is 5.92 Å². The van der Waals surface area contributed by atoms with E-state index in [0.29, 0.717) is 0 Å². The fourth-order valence-corrected chi connectivity index (χ4v) is 6.03. The molecular weight excluding hydrogens is 342 g/mol. The van der Waals surface area contributed by atoms with E-state index in [0.717, 1.165) is 49.4 Å². The second kappa shape index (κ2) is 8.41. The van der Waals surface area contributed by atoms with E-state index in [1.54, 1.807) is 11.3 Å². The molecule has 4 rings (SSSR count). The van der Waals surface area contributed by atoms with Gasteiger partial charge in [0.1, 0.15) is 0 Å². The first-order chi connectivity index (χ1) is 12.7. The first kappa shape index (κ1) is 18.5. The zero-order valence-corrected chi connectivity index (χ0v) is 17.0. The molecule has 1 saturated heterocycles. The number of hydrogen-bond donors (Lipinski definition) is 1. The monoisotopic (exact) mass is 375 g/mol. The number of piperidine rings is 1. The number of thiophene rings is 1. The number of likely N-dealkylation sites (tertiary alicyclic amines) is 1. The van der Waals surface area contributed by atoms with Gasteiger partial charge in [-0.15, -0.1) is 11.3 Å². The van der Waals surface area contributed by atoms with Crippen molar-refractivity contribution in [3.8, 4) is 0 Å². The van der Waals surface area contributed by atoms with E-state index in [1.165, 1.54) is 62.1 Å². The van der Waals surface area contributed by atoms with Gasteiger partial charge in [-0.3, -0.25) is 9.69 Å². The Balaban J connectivity index is 1.20. The summed E-state index contributed by atoms with van der Waals surface area (Å²) < 4.78 is 0. The Morgan fingerprint density at radius 3 is 2.85 bits per heavy atom. The van der Waals surface area contributed by atoms with Crippen molar-refractivity contribution < 1.29 is 4.79 Å². The molecule has 1 atom stereocenters. The molecule has 3 heterocycles. The van der Waals surface area contributed by atoms with E-state index in [9.17, 15) is 4.79 Å². The van der Waals surface area contributed by atoms with Crippen LogP contribution >= 0.6 is 11.3 Å². The van der Waals surface area contributed by atoms with Crippen molar-refractivity contribution in [2.45, 2.75) is 71.0 Å². The lowest BCUT2D eigenvalue weighted by Crippen LogP contribution is -2.36. The lowest BCUT2D eigenvalue weighted by molar-refractivity contribution is 0.0954. The quantitative estimate of drug-likeness (QED) is 0.767. The molecule has 1 aromatic rings. The maximum atomic E-state index is 12.5. The maximum Gasteiger partial charge on any atom is 0.261 e.